The topological polar surface area (TPSA) is 73.4 Å². The van der Waals surface area contributed by atoms with Crippen LogP contribution in [0.1, 0.15) is 0 Å². The number of benzene rings is 2. The van der Waals surface area contributed by atoms with Crippen molar-refractivity contribution in [2.24, 2.45) is 0 Å². The van der Waals surface area contributed by atoms with E-state index in [-0.39, 0.29) is 24.9 Å². The third kappa shape index (κ3) is 6.22. The lowest BCUT2D eigenvalue weighted by Crippen LogP contribution is -2.44. The predicted octanol–water partition coefficient (Wildman–Crippen LogP) is 4.13. The Labute approximate surface area is 213 Å². The summed E-state index contributed by atoms with van der Waals surface area (Å²) < 4.78 is 23.0. The summed E-state index contributed by atoms with van der Waals surface area (Å²) >= 11 is 7.33. The number of fused-ring (bicyclic) bond motifs is 1. The highest BCUT2D eigenvalue weighted by Gasteiger charge is 2.24. The normalized spacial score (nSPS) is 13.9. The SMILES string of the molecule is COc1ccc(OC)c2sc(N(CCN3CCOCC3)C(=O)COc3ccc(Cl)cc3)nc12.Cl. The van der Waals surface area contributed by atoms with Crippen LogP contribution in [0.4, 0.5) is 5.13 Å². The van der Waals surface area contributed by atoms with Crippen LogP contribution >= 0.6 is 35.3 Å². The quantitative estimate of drug-likeness (QED) is 0.414. The van der Waals surface area contributed by atoms with Crippen LogP contribution in [-0.4, -0.2) is 76.0 Å². The molecule has 4 rings (SSSR count). The summed E-state index contributed by atoms with van der Waals surface area (Å²) in [5.74, 6) is 1.71. The van der Waals surface area contributed by atoms with Crippen LogP contribution in [0.2, 0.25) is 5.02 Å². The summed E-state index contributed by atoms with van der Waals surface area (Å²) in [4.78, 5) is 22.0. The van der Waals surface area contributed by atoms with Gasteiger partial charge in [-0.05, 0) is 36.4 Å². The van der Waals surface area contributed by atoms with Gasteiger partial charge in [-0.1, -0.05) is 22.9 Å². The number of hydrogen-bond donors (Lipinski definition) is 0. The Bertz CT molecular complexity index is 1050. The Morgan fingerprint density at radius 3 is 2.47 bits per heavy atom. The molecule has 1 amide bonds. The number of methoxy groups -OCH3 is 2. The summed E-state index contributed by atoms with van der Waals surface area (Å²) in [6.45, 7) is 4.14. The number of rotatable bonds is 9. The molecule has 34 heavy (non-hydrogen) atoms. The Morgan fingerprint density at radius 2 is 1.79 bits per heavy atom. The van der Waals surface area contributed by atoms with E-state index in [1.165, 1.54) is 11.3 Å². The molecule has 0 bridgehead atoms. The van der Waals surface area contributed by atoms with Crippen molar-refractivity contribution in [3.05, 3.63) is 41.4 Å². The molecule has 11 heteroatoms. The summed E-state index contributed by atoms with van der Waals surface area (Å²) in [6, 6.07) is 10.6. The molecule has 2 heterocycles. The van der Waals surface area contributed by atoms with Gasteiger partial charge in [0.1, 0.15) is 27.5 Å². The van der Waals surface area contributed by atoms with Gasteiger partial charge in [0.2, 0.25) is 0 Å². The number of ether oxygens (including phenoxy) is 4. The van der Waals surface area contributed by atoms with Crippen molar-refractivity contribution in [2.45, 2.75) is 0 Å². The molecule has 0 spiro atoms. The minimum Gasteiger partial charge on any atom is -0.495 e. The van der Waals surface area contributed by atoms with Crippen molar-refractivity contribution in [1.29, 1.82) is 0 Å². The molecule has 0 N–H and O–H groups in total. The second-order valence-corrected chi connectivity index (χ2v) is 8.80. The molecule has 8 nitrogen and oxygen atoms in total. The Morgan fingerprint density at radius 1 is 1.12 bits per heavy atom. The number of amides is 1. The van der Waals surface area contributed by atoms with Gasteiger partial charge in [-0.15, -0.1) is 12.4 Å². The van der Waals surface area contributed by atoms with E-state index in [1.807, 2.05) is 12.1 Å². The number of thiazole rings is 1. The summed E-state index contributed by atoms with van der Waals surface area (Å²) in [5.41, 5.74) is 0.666. The number of halogens is 2. The number of hydrogen-bond acceptors (Lipinski definition) is 8. The first-order valence-electron chi connectivity index (χ1n) is 10.6. The van der Waals surface area contributed by atoms with Crippen molar-refractivity contribution in [3.63, 3.8) is 0 Å². The van der Waals surface area contributed by atoms with Gasteiger partial charge in [-0.3, -0.25) is 14.6 Å². The molecule has 1 aromatic heterocycles. The number of carbonyl (C=O) groups excluding carboxylic acids is 1. The van der Waals surface area contributed by atoms with Gasteiger partial charge in [0, 0.05) is 31.2 Å². The molecule has 0 saturated carbocycles. The second kappa shape index (κ2) is 12.4. The molecular weight excluding hydrogens is 501 g/mol. The van der Waals surface area contributed by atoms with E-state index >= 15 is 0 Å². The van der Waals surface area contributed by atoms with Gasteiger partial charge in [-0.2, -0.15) is 0 Å². The standard InChI is InChI=1S/C23H26ClN3O5S.ClH/c1-29-18-7-8-19(30-2)22-21(18)25-23(33-22)27(10-9-26-11-13-31-14-12-26)20(28)15-32-17-5-3-16(24)4-6-17;/h3-8H,9-15H2,1-2H3;1H. The third-order valence-electron chi connectivity index (χ3n) is 5.35. The van der Waals surface area contributed by atoms with Crippen LogP contribution in [0.25, 0.3) is 10.2 Å². The molecule has 1 saturated heterocycles. The van der Waals surface area contributed by atoms with E-state index in [2.05, 4.69) is 4.90 Å². The lowest BCUT2D eigenvalue weighted by molar-refractivity contribution is -0.120. The fraction of sp³-hybridized carbons (Fsp3) is 0.391. The number of nitrogens with zero attached hydrogens (tertiary/aromatic N) is 3. The number of aromatic nitrogens is 1. The van der Waals surface area contributed by atoms with Crippen molar-refractivity contribution >= 4 is 56.6 Å². The summed E-state index contributed by atoms with van der Waals surface area (Å²) in [5, 5.41) is 1.18. The summed E-state index contributed by atoms with van der Waals surface area (Å²) in [6.07, 6.45) is 0. The van der Waals surface area contributed by atoms with Gasteiger partial charge >= 0.3 is 0 Å². The highest BCUT2D eigenvalue weighted by molar-refractivity contribution is 7.22. The van der Waals surface area contributed by atoms with Gasteiger partial charge in [0.05, 0.1) is 27.4 Å². The predicted molar refractivity (Wildman–Crippen MR) is 137 cm³/mol. The number of morpholine rings is 1. The van der Waals surface area contributed by atoms with E-state index < -0.39 is 0 Å². The number of anilines is 1. The Kier molecular flexibility index (Phi) is 9.61. The van der Waals surface area contributed by atoms with E-state index in [0.717, 1.165) is 17.8 Å². The molecule has 1 aliphatic heterocycles. The fourth-order valence-corrected chi connectivity index (χ4v) is 4.78. The highest BCUT2D eigenvalue weighted by atomic mass is 35.5. The second-order valence-electron chi connectivity index (χ2n) is 7.39. The van der Waals surface area contributed by atoms with E-state index in [1.54, 1.807) is 43.4 Å². The molecule has 2 aromatic carbocycles. The molecule has 1 fully saturated rings. The van der Waals surface area contributed by atoms with Gasteiger partial charge < -0.3 is 18.9 Å². The minimum absolute atomic E-state index is 0. The largest absolute Gasteiger partial charge is 0.495 e. The van der Waals surface area contributed by atoms with Crippen LogP contribution in [-0.2, 0) is 9.53 Å². The Hall–Kier alpha value is -2.30. The number of carbonyl (C=O) groups is 1. The average Bonchev–Trinajstić information content (AvgIpc) is 3.29. The van der Waals surface area contributed by atoms with E-state index in [4.69, 9.17) is 35.5 Å². The van der Waals surface area contributed by atoms with E-state index in [0.29, 0.717) is 59.2 Å². The molecular formula is C23H27Cl2N3O5S. The lowest BCUT2D eigenvalue weighted by Gasteiger charge is -2.29. The van der Waals surface area contributed by atoms with Crippen molar-refractivity contribution in [1.82, 2.24) is 9.88 Å². The molecule has 0 aliphatic carbocycles. The van der Waals surface area contributed by atoms with Gasteiger partial charge in [0.15, 0.2) is 11.7 Å². The minimum atomic E-state index is -0.185. The Balaban J connectivity index is 0.00000324. The maximum Gasteiger partial charge on any atom is 0.266 e. The third-order valence-corrected chi connectivity index (χ3v) is 6.70. The van der Waals surface area contributed by atoms with Gasteiger partial charge in [0.25, 0.3) is 5.91 Å². The van der Waals surface area contributed by atoms with Crippen molar-refractivity contribution < 1.29 is 23.7 Å². The summed E-state index contributed by atoms with van der Waals surface area (Å²) in [7, 11) is 3.21. The smallest absolute Gasteiger partial charge is 0.266 e. The highest BCUT2D eigenvalue weighted by Crippen LogP contribution is 2.40. The first-order valence-corrected chi connectivity index (χ1v) is 11.8. The van der Waals surface area contributed by atoms with Crippen molar-refractivity contribution in [3.8, 4) is 17.2 Å². The van der Waals surface area contributed by atoms with E-state index in [9.17, 15) is 4.79 Å². The first-order chi connectivity index (χ1) is 16.1. The van der Waals surface area contributed by atoms with Crippen LogP contribution in [0, 0.1) is 0 Å². The molecule has 0 unspecified atom stereocenters. The van der Waals surface area contributed by atoms with Crippen LogP contribution < -0.4 is 19.1 Å². The fourth-order valence-electron chi connectivity index (χ4n) is 3.54. The zero-order valence-electron chi connectivity index (χ0n) is 19.0. The van der Waals surface area contributed by atoms with Crippen LogP contribution in [0.15, 0.2) is 36.4 Å². The lowest BCUT2D eigenvalue weighted by atomic mass is 10.3. The molecule has 3 aromatic rings. The monoisotopic (exact) mass is 527 g/mol. The maximum atomic E-state index is 13.3. The molecule has 0 radical (unpaired) electrons. The van der Waals surface area contributed by atoms with Crippen LogP contribution in [0.5, 0.6) is 17.2 Å². The van der Waals surface area contributed by atoms with Gasteiger partial charge in [-0.25, -0.2) is 4.98 Å². The molecule has 184 valence electrons. The zero-order valence-corrected chi connectivity index (χ0v) is 21.4. The average molecular weight is 528 g/mol. The first kappa shape index (κ1) is 26.3. The van der Waals surface area contributed by atoms with Crippen LogP contribution in [0.3, 0.4) is 0 Å². The molecule has 0 atom stereocenters. The maximum absolute atomic E-state index is 13.3. The molecule has 1 aliphatic rings. The zero-order chi connectivity index (χ0) is 23.2. The van der Waals surface area contributed by atoms with Crippen molar-refractivity contribution in [2.75, 3.05) is 65.1 Å².